The van der Waals surface area contributed by atoms with Crippen LogP contribution < -0.4 is 11.0 Å². The predicted octanol–water partition coefficient (Wildman–Crippen LogP) is 2.22. The number of benzene rings is 2. The summed E-state index contributed by atoms with van der Waals surface area (Å²) in [5.74, 6) is -0.232. The number of rotatable bonds is 4. The molecule has 3 rings (SSSR count). The van der Waals surface area contributed by atoms with E-state index in [1.54, 1.807) is 6.07 Å². The number of nitrogens with zero attached hydrogens (tertiary/aromatic N) is 1. The number of carbonyl (C=O) groups excluding carboxylic acids is 1. The van der Waals surface area contributed by atoms with E-state index in [2.05, 4.69) is 15.5 Å². The van der Waals surface area contributed by atoms with E-state index in [0.29, 0.717) is 5.56 Å². The first kappa shape index (κ1) is 14.7. The van der Waals surface area contributed by atoms with Crippen molar-refractivity contribution >= 4 is 23.0 Å². The average Bonchev–Trinajstić information content (AvgIpc) is 2.56. The number of pyridine rings is 1. The zero-order chi connectivity index (χ0) is 16.1. The van der Waals surface area contributed by atoms with Gasteiger partial charge in [-0.05, 0) is 23.1 Å². The van der Waals surface area contributed by atoms with Crippen molar-refractivity contribution in [2.24, 2.45) is 5.10 Å². The lowest BCUT2D eigenvalue weighted by atomic mass is 10.1. The minimum absolute atomic E-state index is 0.232. The maximum atomic E-state index is 11.9. The third-order valence-corrected chi connectivity index (χ3v) is 3.38. The molecule has 0 spiro atoms. The highest BCUT2D eigenvalue weighted by Crippen LogP contribution is 2.08. The molecule has 1 aromatic heterocycles. The monoisotopic (exact) mass is 305 g/mol. The number of para-hydroxylation sites is 1. The second-order valence-corrected chi connectivity index (χ2v) is 5.10. The molecule has 1 amide bonds. The summed E-state index contributed by atoms with van der Waals surface area (Å²) >= 11 is 0. The molecule has 0 saturated carbocycles. The van der Waals surface area contributed by atoms with Gasteiger partial charge in [0.25, 0.3) is 5.56 Å². The number of aromatic amines is 1. The molecule has 0 fully saturated rings. The van der Waals surface area contributed by atoms with Crippen LogP contribution in [0.15, 0.2) is 70.6 Å². The van der Waals surface area contributed by atoms with Crippen LogP contribution in [-0.4, -0.2) is 17.1 Å². The lowest BCUT2D eigenvalue weighted by molar-refractivity contribution is -0.120. The van der Waals surface area contributed by atoms with Crippen LogP contribution in [0.5, 0.6) is 0 Å². The van der Waals surface area contributed by atoms with Gasteiger partial charge in [0.2, 0.25) is 5.91 Å². The minimum atomic E-state index is -0.246. The number of fused-ring (bicyclic) bond motifs is 1. The molecule has 0 atom stereocenters. The molecular weight excluding hydrogens is 290 g/mol. The van der Waals surface area contributed by atoms with Gasteiger partial charge in [0.15, 0.2) is 0 Å². The molecule has 0 radical (unpaired) electrons. The van der Waals surface area contributed by atoms with Crippen molar-refractivity contribution in [2.75, 3.05) is 0 Å². The third kappa shape index (κ3) is 3.71. The van der Waals surface area contributed by atoms with E-state index >= 15 is 0 Å². The molecule has 0 unspecified atom stereocenters. The normalized spacial score (nSPS) is 11.0. The van der Waals surface area contributed by atoms with Gasteiger partial charge < -0.3 is 4.98 Å². The zero-order valence-electron chi connectivity index (χ0n) is 12.3. The van der Waals surface area contributed by atoms with Crippen molar-refractivity contribution < 1.29 is 4.79 Å². The Balaban J connectivity index is 1.69. The van der Waals surface area contributed by atoms with Crippen molar-refractivity contribution in [1.82, 2.24) is 10.4 Å². The van der Waals surface area contributed by atoms with E-state index in [0.717, 1.165) is 16.5 Å². The predicted molar refractivity (Wildman–Crippen MR) is 90.5 cm³/mol. The van der Waals surface area contributed by atoms with Gasteiger partial charge in [-0.15, -0.1) is 0 Å². The van der Waals surface area contributed by atoms with Gasteiger partial charge in [-0.1, -0.05) is 48.5 Å². The Bertz CT molecular complexity index is 914. The molecule has 2 aromatic carbocycles. The number of nitrogens with one attached hydrogen (secondary N) is 2. The number of H-pyrrole nitrogens is 1. The highest BCUT2D eigenvalue weighted by Gasteiger charge is 2.02. The number of amides is 1. The number of hydrogen-bond acceptors (Lipinski definition) is 3. The maximum absolute atomic E-state index is 11.9. The minimum Gasteiger partial charge on any atom is -0.321 e. The van der Waals surface area contributed by atoms with E-state index in [1.165, 1.54) is 6.21 Å². The molecule has 0 aliphatic rings. The molecule has 0 aliphatic carbocycles. The van der Waals surface area contributed by atoms with Gasteiger partial charge in [-0.3, -0.25) is 9.59 Å². The Morgan fingerprint density at radius 1 is 1.09 bits per heavy atom. The smallest absolute Gasteiger partial charge is 0.257 e. The molecule has 3 aromatic rings. The van der Waals surface area contributed by atoms with Crippen LogP contribution in [0.2, 0.25) is 0 Å². The van der Waals surface area contributed by atoms with Gasteiger partial charge in [-0.25, -0.2) is 5.43 Å². The van der Waals surface area contributed by atoms with E-state index in [-0.39, 0.29) is 17.9 Å². The van der Waals surface area contributed by atoms with Crippen molar-refractivity contribution in [2.45, 2.75) is 6.42 Å². The lowest BCUT2D eigenvalue weighted by Gasteiger charge is -2.01. The highest BCUT2D eigenvalue weighted by molar-refractivity contribution is 5.88. The van der Waals surface area contributed by atoms with Crippen molar-refractivity contribution in [1.29, 1.82) is 0 Å². The second kappa shape index (κ2) is 6.70. The van der Waals surface area contributed by atoms with E-state index in [9.17, 15) is 9.59 Å². The molecule has 0 bridgehead atoms. The van der Waals surface area contributed by atoms with Gasteiger partial charge in [0.1, 0.15) is 0 Å². The summed E-state index contributed by atoms with van der Waals surface area (Å²) in [5.41, 5.74) is 4.25. The Labute approximate surface area is 132 Å². The molecule has 114 valence electrons. The average molecular weight is 305 g/mol. The molecular formula is C18H15N3O2. The van der Waals surface area contributed by atoms with E-state index in [1.807, 2.05) is 54.6 Å². The first-order chi connectivity index (χ1) is 11.2. The molecule has 1 heterocycles. The third-order valence-electron chi connectivity index (χ3n) is 3.38. The molecule has 2 N–H and O–H groups in total. The van der Waals surface area contributed by atoms with Gasteiger partial charge in [0, 0.05) is 5.52 Å². The maximum Gasteiger partial charge on any atom is 0.257 e. The van der Waals surface area contributed by atoms with Gasteiger partial charge in [0.05, 0.1) is 18.2 Å². The lowest BCUT2D eigenvalue weighted by Crippen LogP contribution is -2.20. The fourth-order valence-corrected chi connectivity index (χ4v) is 2.25. The molecule has 0 aliphatic heterocycles. The van der Waals surface area contributed by atoms with E-state index in [4.69, 9.17) is 0 Å². The van der Waals surface area contributed by atoms with Crippen LogP contribution in [0.4, 0.5) is 0 Å². The summed E-state index contributed by atoms with van der Waals surface area (Å²) in [4.78, 5) is 26.5. The number of aromatic nitrogens is 1. The zero-order valence-corrected chi connectivity index (χ0v) is 12.3. The highest BCUT2D eigenvalue weighted by atomic mass is 16.2. The molecule has 0 saturated heterocycles. The largest absolute Gasteiger partial charge is 0.321 e. The molecule has 5 heteroatoms. The summed E-state index contributed by atoms with van der Waals surface area (Å²) < 4.78 is 0. The topological polar surface area (TPSA) is 74.3 Å². The summed E-state index contributed by atoms with van der Waals surface area (Å²) in [6, 6.07) is 18.6. The number of hydrazone groups is 1. The van der Waals surface area contributed by atoms with Crippen LogP contribution in [-0.2, 0) is 11.2 Å². The summed E-state index contributed by atoms with van der Waals surface area (Å²) in [6.45, 7) is 0. The van der Waals surface area contributed by atoms with Crippen LogP contribution in [0.3, 0.4) is 0 Å². The van der Waals surface area contributed by atoms with Crippen LogP contribution in [0.1, 0.15) is 11.1 Å². The second-order valence-electron chi connectivity index (χ2n) is 5.10. The number of hydrogen-bond donors (Lipinski definition) is 2. The van der Waals surface area contributed by atoms with Crippen molar-refractivity contribution in [3.8, 4) is 0 Å². The van der Waals surface area contributed by atoms with Crippen LogP contribution in [0, 0.1) is 0 Å². The summed E-state index contributed by atoms with van der Waals surface area (Å²) in [6.07, 6.45) is 1.60. The first-order valence-corrected chi connectivity index (χ1v) is 7.20. The van der Waals surface area contributed by atoms with Crippen LogP contribution >= 0.6 is 0 Å². The Morgan fingerprint density at radius 3 is 2.65 bits per heavy atom. The number of carbonyl (C=O) groups is 1. The summed E-state index contributed by atoms with van der Waals surface area (Å²) in [5, 5.41) is 4.77. The molecule has 5 nitrogen and oxygen atoms in total. The molecule has 23 heavy (non-hydrogen) atoms. The van der Waals surface area contributed by atoms with Crippen molar-refractivity contribution in [3.05, 3.63) is 82.1 Å². The van der Waals surface area contributed by atoms with E-state index < -0.39 is 0 Å². The fourth-order valence-electron chi connectivity index (χ4n) is 2.25. The first-order valence-electron chi connectivity index (χ1n) is 7.20. The van der Waals surface area contributed by atoms with Crippen molar-refractivity contribution in [3.63, 3.8) is 0 Å². The van der Waals surface area contributed by atoms with Gasteiger partial charge in [-0.2, -0.15) is 5.10 Å². The Hall–Kier alpha value is -3.21. The van der Waals surface area contributed by atoms with Gasteiger partial charge >= 0.3 is 0 Å². The Morgan fingerprint density at radius 2 is 1.83 bits per heavy atom. The quantitative estimate of drug-likeness (QED) is 0.573. The standard InChI is InChI=1S/C18H15N3O2/c22-17(10-13-6-2-1-3-7-13)21-19-12-15-11-14-8-4-5-9-16(14)20-18(15)23/h1-9,11-12H,10H2,(H,20,23)(H,21,22)/b19-12-. The summed E-state index contributed by atoms with van der Waals surface area (Å²) in [7, 11) is 0. The SMILES string of the molecule is O=C(Cc1ccccc1)N/N=C\c1cc2ccccc2[nH]c1=O. The fraction of sp³-hybridized carbons (Fsp3) is 0.0556. The Kier molecular flexibility index (Phi) is 4.29. The van der Waals surface area contributed by atoms with Crippen LogP contribution in [0.25, 0.3) is 10.9 Å².